The molecule has 0 heterocycles. The lowest BCUT2D eigenvalue weighted by molar-refractivity contribution is 0.310. The normalized spacial score (nSPS) is 26.1. The number of rotatable bonds is 6. The van der Waals surface area contributed by atoms with E-state index in [-0.39, 0.29) is 6.33 Å². The third-order valence-electron chi connectivity index (χ3n) is 3.85. The van der Waals surface area contributed by atoms with E-state index in [9.17, 15) is 8.78 Å². The van der Waals surface area contributed by atoms with Gasteiger partial charge in [-0.3, -0.25) is 0 Å². The van der Waals surface area contributed by atoms with Gasteiger partial charge < -0.3 is 5.73 Å². The van der Waals surface area contributed by atoms with E-state index in [0.717, 1.165) is 32.1 Å². The van der Waals surface area contributed by atoms with Crippen LogP contribution in [0, 0.1) is 5.92 Å². The summed E-state index contributed by atoms with van der Waals surface area (Å²) in [6.45, 7) is 1.92. The molecule has 108 valence electrons. The molecule has 1 fully saturated rings. The molecule has 0 aromatic rings. The van der Waals surface area contributed by atoms with Gasteiger partial charge in [0, 0.05) is 6.04 Å². The van der Waals surface area contributed by atoms with Crippen molar-refractivity contribution in [2.75, 3.05) is 0 Å². The van der Waals surface area contributed by atoms with E-state index in [0.29, 0.717) is 30.4 Å². The highest BCUT2D eigenvalue weighted by Gasteiger charge is 2.19. The molecular weight excluding hydrogens is 244 g/mol. The lowest BCUT2D eigenvalue weighted by Gasteiger charge is -2.26. The minimum absolute atomic E-state index is 0.0677. The minimum atomic E-state index is -0.725. The van der Waals surface area contributed by atoms with E-state index >= 15 is 0 Å². The summed E-state index contributed by atoms with van der Waals surface area (Å²) in [6.07, 6.45) is 12.2. The smallest absolute Gasteiger partial charge is 0.154 e. The second-order valence-corrected chi connectivity index (χ2v) is 5.31. The summed E-state index contributed by atoms with van der Waals surface area (Å²) < 4.78 is 25.8. The Bertz CT molecular complexity index is 337. The van der Waals surface area contributed by atoms with Crippen LogP contribution in [0.15, 0.2) is 36.0 Å². The largest absolute Gasteiger partial charge is 0.328 e. The Morgan fingerprint density at radius 3 is 2.53 bits per heavy atom. The van der Waals surface area contributed by atoms with Crippen molar-refractivity contribution in [3.63, 3.8) is 0 Å². The van der Waals surface area contributed by atoms with Crippen LogP contribution in [0.3, 0.4) is 0 Å². The Hall–Kier alpha value is -0.960. The lowest BCUT2D eigenvalue weighted by Crippen LogP contribution is -2.26. The second kappa shape index (κ2) is 9.03. The zero-order valence-electron chi connectivity index (χ0n) is 11.7. The van der Waals surface area contributed by atoms with Gasteiger partial charge in [-0.05, 0) is 63.4 Å². The predicted octanol–water partition coefficient (Wildman–Crippen LogP) is 4.96. The molecule has 0 atom stereocenters. The fourth-order valence-electron chi connectivity index (χ4n) is 2.57. The zero-order chi connectivity index (χ0) is 14.1. The molecule has 1 aliphatic carbocycles. The van der Waals surface area contributed by atoms with E-state index in [4.69, 9.17) is 5.73 Å². The van der Waals surface area contributed by atoms with Crippen molar-refractivity contribution >= 4 is 0 Å². The Morgan fingerprint density at radius 2 is 1.95 bits per heavy atom. The van der Waals surface area contributed by atoms with E-state index in [1.807, 2.05) is 19.1 Å². The van der Waals surface area contributed by atoms with Crippen molar-refractivity contribution < 1.29 is 8.78 Å². The maximum atomic E-state index is 13.4. The summed E-state index contributed by atoms with van der Waals surface area (Å²) >= 11 is 0. The first kappa shape index (κ1) is 16.1. The Kier molecular flexibility index (Phi) is 7.65. The highest BCUT2D eigenvalue weighted by Crippen LogP contribution is 2.30. The van der Waals surface area contributed by atoms with Gasteiger partial charge >= 0.3 is 0 Å². The number of nitrogens with two attached hydrogens (primary N) is 1. The van der Waals surface area contributed by atoms with Crippen molar-refractivity contribution in [3.8, 4) is 0 Å². The maximum Gasteiger partial charge on any atom is 0.154 e. The van der Waals surface area contributed by atoms with Crippen LogP contribution in [0.2, 0.25) is 0 Å². The molecule has 0 aromatic carbocycles. The van der Waals surface area contributed by atoms with Crippen LogP contribution in [-0.4, -0.2) is 6.04 Å². The van der Waals surface area contributed by atoms with Crippen LogP contribution in [0.25, 0.3) is 0 Å². The Labute approximate surface area is 115 Å². The van der Waals surface area contributed by atoms with Gasteiger partial charge in [0.2, 0.25) is 0 Å². The van der Waals surface area contributed by atoms with Gasteiger partial charge in [0.25, 0.3) is 0 Å². The Morgan fingerprint density at radius 1 is 1.26 bits per heavy atom. The molecular formula is C16H25F2N. The van der Waals surface area contributed by atoms with Gasteiger partial charge in [-0.25, -0.2) is 8.78 Å². The third kappa shape index (κ3) is 6.15. The van der Waals surface area contributed by atoms with Gasteiger partial charge in [-0.2, -0.15) is 0 Å². The standard InChI is InChI=1S/C16H25F2N/c1-2-3-4-5-14(16(18)12-17)9-6-13-7-10-15(19)11-8-13/h2-3,5,12-13,15H,4,6-11,19H2,1H3/b3-2+,14-5-,16-12-. The monoisotopic (exact) mass is 269 g/mol. The number of hydrogen-bond donors (Lipinski definition) is 1. The van der Waals surface area contributed by atoms with E-state index < -0.39 is 5.83 Å². The van der Waals surface area contributed by atoms with Gasteiger partial charge in [-0.15, -0.1) is 0 Å². The average molecular weight is 269 g/mol. The van der Waals surface area contributed by atoms with Crippen LogP contribution in [-0.2, 0) is 0 Å². The van der Waals surface area contributed by atoms with Crippen molar-refractivity contribution in [2.45, 2.75) is 57.9 Å². The minimum Gasteiger partial charge on any atom is -0.328 e. The quantitative estimate of drug-likeness (QED) is 0.535. The molecule has 3 heteroatoms. The highest BCUT2D eigenvalue weighted by molar-refractivity contribution is 5.24. The SMILES string of the molecule is C/C=C/C/C=C(CCC1CCC(N)CC1)\C(F)=C\F. The first-order valence-corrected chi connectivity index (χ1v) is 7.19. The molecule has 1 nitrogen and oxygen atoms in total. The molecule has 0 aliphatic heterocycles. The van der Waals surface area contributed by atoms with Crippen molar-refractivity contribution in [1.82, 2.24) is 0 Å². The summed E-state index contributed by atoms with van der Waals surface area (Å²) in [7, 11) is 0. The van der Waals surface area contributed by atoms with E-state index in [1.165, 1.54) is 0 Å². The summed E-state index contributed by atoms with van der Waals surface area (Å²) in [5, 5.41) is 0. The number of allylic oxidation sites excluding steroid dienone is 5. The molecule has 0 spiro atoms. The molecule has 0 amide bonds. The van der Waals surface area contributed by atoms with Gasteiger partial charge in [0.1, 0.15) is 6.33 Å². The summed E-state index contributed by atoms with van der Waals surface area (Å²) in [5.74, 6) is -0.116. The molecule has 1 saturated carbocycles. The van der Waals surface area contributed by atoms with Gasteiger partial charge in [0.05, 0.1) is 0 Å². The molecule has 0 unspecified atom stereocenters. The first-order chi connectivity index (χ1) is 9.17. The molecule has 1 aliphatic rings. The molecule has 0 saturated heterocycles. The molecule has 0 radical (unpaired) electrons. The third-order valence-corrected chi connectivity index (χ3v) is 3.85. The first-order valence-electron chi connectivity index (χ1n) is 7.19. The lowest BCUT2D eigenvalue weighted by atomic mass is 9.83. The summed E-state index contributed by atoms with van der Waals surface area (Å²) in [6, 6.07) is 0.337. The fourth-order valence-corrected chi connectivity index (χ4v) is 2.57. The van der Waals surface area contributed by atoms with Crippen molar-refractivity contribution in [3.05, 3.63) is 36.0 Å². The average Bonchev–Trinajstić information content (AvgIpc) is 2.43. The van der Waals surface area contributed by atoms with Crippen molar-refractivity contribution in [2.24, 2.45) is 11.7 Å². The van der Waals surface area contributed by atoms with Gasteiger partial charge in [0.15, 0.2) is 5.83 Å². The molecule has 1 rings (SSSR count). The van der Waals surface area contributed by atoms with Crippen LogP contribution >= 0.6 is 0 Å². The van der Waals surface area contributed by atoms with E-state index in [2.05, 4.69) is 0 Å². The maximum absolute atomic E-state index is 13.4. The molecule has 19 heavy (non-hydrogen) atoms. The van der Waals surface area contributed by atoms with Crippen LogP contribution < -0.4 is 5.73 Å². The van der Waals surface area contributed by atoms with Crippen LogP contribution in [0.4, 0.5) is 8.78 Å². The zero-order valence-corrected chi connectivity index (χ0v) is 11.7. The Balaban J connectivity index is 2.46. The number of hydrogen-bond acceptors (Lipinski definition) is 1. The number of halogens is 2. The predicted molar refractivity (Wildman–Crippen MR) is 77.0 cm³/mol. The van der Waals surface area contributed by atoms with Crippen LogP contribution in [0.5, 0.6) is 0 Å². The fraction of sp³-hybridized carbons (Fsp3) is 0.625. The van der Waals surface area contributed by atoms with Gasteiger partial charge in [-0.1, -0.05) is 18.2 Å². The summed E-state index contributed by atoms with van der Waals surface area (Å²) in [4.78, 5) is 0. The second-order valence-electron chi connectivity index (χ2n) is 5.31. The van der Waals surface area contributed by atoms with Crippen LogP contribution in [0.1, 0.15) is 51.9 Å². The van der Waals surface area contributed by atoms with Crippen molar-refractivity contribution in [1.29, 1.82) is 0 Å². The topological polar surface area (TPSA) is 26.0 Å². The molecule has 0 bridgehead atoms. The van der Waals surface area contributed by atoms with E-state index in [1.54, 1.807) is 6.08 Å². The summed E-state index contributed by atoms with van der Waals surface area (Å²) in [5.41, 5.74) is 6.36. The highest BCUT2D eigenvalue weighted by atomic mass is 19.2. The molecule has 0 aromatic heterocycles. The molecule has 2 N–H and O–H groups in total.